The summed E-state index contributed by atoms with van der Waals surface area (Å²) in [6, 6.07) is 4.01. The second-order valence-corrected chi connectivity index (χ2v) is 7.18. The lowest BCUT2D eigenvalue weighted by Crippen LogP contribution is -2.57. The van der Waals surface area contributed by atoms with Gasteiger partial charge in [0.25, 0.3) is 0 Å². The van der Waals surface area contributed by atoms with Crippen LogP contribution in [0.1, 0.15) is 17.7 Å². The first kappa shape index (κ1) is 14.0. The standard InChI is InChI=1S/C12H17BrN2O2S/c1-15(8-9-2-3-10(13)18-9)11(16)12(14)4-6-17-7-5-12/h2-3H,4-8,14H2,1H3. The molecule has 2 heterocycles. The summed E-state index contributed by atoms with van der Waals surface area (Å²) in [4.78, 5) is 15.2. The molecule has 1 amide bonds. The summed E-state index contributed by atoms with van der Waals surface area (Å²) in [5, 5.41) is 0. The molecule has 0 spiro atoms. The van der Waals surface area contributed by atoms with Crippen LogP contribution in [0.3, 0.4) is 0 Å². The van der Waals surface area contributed by atoms with E-state index in [0.717, 1.165) is 8.66 Å². The minimum atomic E-state index is -0.749. The van der Waals surface area contributed by atoms with Crippen molar-refractivity contribution in [3.8, 4) is 0 Å². The molecule has 0 bridgehead atoms. The van der Waals surface area contributed by atoms with Crippen molar-refractivity contribution in [1.82, 2.24) is 4.90 Å². The summed E-state index contributed by atoms with van der Waals surface area (Å²) in [7, 11) is 1.81. The third kappa shape index (κ3) is 3.12. The van der Waals surface area contributed by atoms with Crippen molar-refractivity contribution in [3.63, 3.8) is 0 Å². The van der Waals surface area contributed by atoms with Gasteiger partial charge in [-0.1, -0.05) is 0 Å². The van der Waals surface area contributed by atoms with E-state index in [1.165, 1.54) is 0 Å². The fourth-order valence-corrected chi connectivity index (χ4v) is 3.61. The average molecular weight is 333 g/mol. The largest absolute Gasteiger partial charge is 0.381 e. The van der Waals surface area contributed by atoms with Crippen LogP contribution in [-0.4, -0.2) is 36.6 Å². The van der Waals surface area contributed by atoms with Crippen LogP contribution in [0, 0.1) is 0 Å². The smallest absolute Gasteiger partial charge is 0.242 e. The van der Waals surface area contributed by atoms with E-state index in [4.69, 9.17) is 10.5 Å². The Bertz CT molecular complexity index is 429. The molecule has 1 aliphatic rings. The van der Waals surface area contributed by atoms with Crippen LogP contribution in [0.4, 0.5) is 0 Å². The molecule has 18 heavy (non-hydrogen) atoms. The molecular weight excluding hydrogens is 316 g/mol. The Labute approximate surface area is 119 Å². The summed E-state index contributed by atoms with van der Waals surface area (Å²) in [6.07, 6.45) is 1.20. The second kappa shape index (κ2) is 5.69. The average Bonchev–Trinajstić information content (AvgIpc) is 2.74. The van der Waals surface area contributed by atoms with Gasteiger partial charge < -0.3 is 15.4 Å². The van der Waals surface area contributed by atoms with Gasteiger partial charge in [0.05, 0.1) is 15.9 Å². The number of ether oxygens (including phenoxy) is 1. The number of nitrogens with two attached hydrogens (primary N) is 1. The highest BCUT2D eigenvalue weighted by Crippen LogP contribution is 2.25. The SMILES string of the molecule is CN(Cc1ccc(Br)s1)C(=O)C1(N)CCOCC1. The maximum absolute atomic E-state index is 12.4. The number of hydrogen-bond acceptors (Lipinski definition) is 4. The van der Waals surface area contributed by atoms with E-state index in [-0.39, 0.29) is 5.91 Å². The quantitative estimate of drug-likeness (QED) is 0.920. The Kier molecular flexibility index (Phi) is 4.42. The van der Waals surface area contributed by atoms with E-state index in [1.807, 2.05) is 12.1 Å². The van der Waals surface area contributed by atoms with Gasteiger partial charge in [0.2, 0.25) is 5.91 Å². The maximum Gasteiger partial charge on any atom is 0.242 e. The summed E-state index contributed by atoms with van der Waals surface area (Å²) < 4.78 is 6.34. The molecule has 0 aromatic carbocycles. The molecule has 1 aromatic rings. The van der Waals surface area contributed by atoms with Crippen LogP contribution >= 0.6 is 27.3 Å². The molecule has 0 aliphatic carbocycles. The van der Waals surface area contributed by atoms with Crippen LogP contribution < -0.4 is 5.73 Å². The van der Waals surface area contributed by atoms with Gasteiger partial charge in [-0.3, -0.25) is 4.79 Å². The molecule has 0 radical (unpaired) electrons. The molecular formula is C12H17BrN2O2S. The molecule has 2 N–H and O–H groups in total. The molecule has 1 aliphatic heterocycles. The fourth-order valence-electron chi connectivity index (χ4n) is 2.07. The van der Waals surface area contributed by atoms with Crippen LogP contribution in [-0.2, 0) is 16.1 Å². The van der Waals surface area contributed by atoms with Gasteiger partial charge in [-0.2, -0.15) is 0 Å². The normalized spacial score (nSPS) is 18.6. The van der Waals surface area contributed by atoms with Gasteiger partial charge in [0.15, 0.2) is 0 Å². The first-order chi connectivity index (χ1) is 8.51. The molecule has 4 nitrogen and oxygen atoms in total. The first-order valence-corrected chi connectivity index (χ1v) is 7.49. The number of thiophene rings is 1. The Balaban J connectivity index is 1.99. The Morgan fingerprint density at radius 3 is 2.78 bits per heavy atom. The highest BCUT2D eigenvalue weighted by atomic mass is 79.9. The number of rotatable bonds is 3. The monoisotopic (exact) mass is 332 g/mol. The van der Waals surface area contributed by atoms with Crippen molar-refractivity contribution in [1.29, 1.82) is 0 Å². The minimum absolute atomic E-state index is 0.00956. The maximum atomic E-state index is 12.4. The van der Waals surface area contributed by atoms with Crippen molar-refractivity contribution >= 4 is 33.2 Å². The Hall–Kier alpha value is -0.430. The summed E-state index contributed by atoms with van der Waals surface area (Å²) in [5.41, 5.74) is 5.44. The molecule has 2 rings (SSSR count). The molecule has 0 atom stereocenters. The van der Waals surface area contributed by atoms with Crippen molar-refractivity contribution < 1.29 is 9.53 Å². The third-order valence-corrected chi connectivity index (χ3v) is 4.79. The number of nitrogens with zero attached hydrogens (tertiary/aromatic N) is 1. The minimum Gasteiger partial charge on any atom is -0.381 e. The molecule has 1 fully saturated rings. The highest BCUT2D eigenvalue weighted by molar-refractivity contribution is 9.11. The predicted molar refractivity (Wildman–Crippen MR) is 75.5 cm³/mol. The lowest BCUT2D eigenvalue weighted by molar-refractivity contribution is -0.139. The summed E-state index contributed by atoms with van der Waals surface area (Å²) >= 11 is 5.06. The van der Waals surface area contributed by atoms with Crippen LogP contribution in [0.2, 0.25) is 0 Å². The van der Waals surface area contributed by atoms with E-state index >= 15 is 0 Å². The Morgan fingerprint density at radius 1 is 1.56 bits per heavy atom. The molecule has 100 valence electrons. The summed E-state index contributed by atoms with van der Waals surface area (Å²) in [5.74, 6) is 0.00956. The van der Waals surface area contributed by atoms with Gasteiger partial charge in [-0.25, -0.2) is 0 Å². The van der Waals surface area contributed by atoms with Gasteiger partial charge in [-0.15, -0.1) is 11.3 Å². The fraction of sp³-hybridized carbons (Fsp3) is 0.583. The van der Waals surface area contributed by atoms with Crippen LogP contribution in [0.25, 0.3) is 0 Å². The van der Waals surface area contributed by atoms with E-state index in [1.54, 1.807) is 23.3 Å². The predicted octanol–water partition coefficient (Wildman–Crippen LogP) is 1.98. The van der Waals surface area contributed by atoms with Gasteiger partial charge >= 0.3 is 0 Å². The van der Waals surface area contributed by atoms with Crippen molar-refractivity contribution in [2.75, 3.05) is 20.3 Å². The number of hydrogen-bond donors (Lipinski definition) is 1. The van der Waals surface area contributed by atoms with Crippen molar-refractivity contribution in [2.45, 2.75) is 24.9 Å². The molecule has 1 aromatic heterocycles. The number of carbonyl (C=O) groups excluding carboxylic acids is 1. The second-order valence-electron chi connectivity index (χ2n) is 4.64. The highest BCUT2D eigenvalue weighted by Gasteiger charge is 2.37. The van der Waals surface area contributed by atoms with E-state index in [0.29, 0.717) is 32.6 Å². The Morgan fingerprint density at radius 2 is 2.22 bits per heavy atom. The lowest BCUT2D eigenvalue weighted by Gasteiger charge is -2.35. The van der Waals surface area contributed by atoms with Crippen LogP contribution in [0.15, 0.2) is 15.9 Å². The topological polar surface area (TPSA) is 55.6 Å². The number of carbonyl (C=O) groups is 1. The van der Waals surface area contributed by atoms with Gasteiger partial charge in [0.1, 0.15) is 0 Å². The van der Waals surface area contributed by atoms with E-state index in [2.05, 4.69) is 15.9 Å². The van der Waals surface area contributed by atoms with E-state index < -0.39 is 5.54 Å². The van der Waals surface area contributed by atoms with Gasteiger partial charge in [-0.05, 0) is 40.9 Å². The van der Waals surface area contributed by atoms with Crippen molar-refractivity contribution in [2.24, 2.45) is 5.73 Å². The zero-order valence-electron chi connectivity index (χ0n) is 10.3. The molecule has 6 heteroatoms. The third-order valence-electron chi connectivity index (χ3n) is 3.18. The van der Waals surface area contributed by atoms with Gasteiger partial charge in [0, 0.05) is 25.1 Å². The number of likely N-dealkylation sites (N-methyl/N-ethyl adjacent to an activating group) is 1. The zero-order chi connectivity index (χ0) is 13.2. The lowest BCUT2D eigenvalue weighted by atomic mass is 9.90. The van der Waals surface area contributed by atoms with Crippen molar-refractivity contribution in [3.05, 3.63) is 20.8 Å². The molecule has 0 unspecified atom stereocenters. The number of amides is 1. The first-order valence-electron chi connectivity index (χ1n) is 5.88. The number of halogens is 1. The zero-order valence-corrected chi connectivity index (χ0v) is 12.7. The molecule has 0 saturated carbocycles. The summed E-state index contributed by atoms with van der Waals surface area (Å²) in [6.45, 7) is 1.75. The molecule has 1 saturated heterocycles. The van der Waals surface area contributed by atoms with E-state index in [9.17, 15) is 4.79 Å². The van der Waals surface area contributed by atoms with Crippen LogP contribution in [0.5, 0.6) is 0 Å².